The summed E-state index contributed by atoms with van der Waals surface area (Å²) in [6.07, 6.45) is 4.13. The smallest absolute Gasteiger partial charge is 0.292 e. The zero-order chi connectivity index (χ0) is 18.5. The minimum absolute atomic E-state index is 0.0533. The van der Waals surface area contributed by atoms with E-state index in [1.807, 2.05) is 35.2 Å². The second-order valence-corrected chi connectivity index (χ2v) is 6.57. The molecule has 0 radical (unpaired) electrons. The second-order valence-electron chi connectivity index (χ2n) is 6.13. The van der Waals surface area contributed by atoms with E-state index in [9.17, 15) is 14.5 Å². The summed E-state index contributed by atoms with van der Waals surface area (Å²) < 4.78 is 13.5. The monoisotopic (exact) mass is 375 g/mol. The fourth-order valence-electron chi connectivity index (χ4n) is 2.99. The van der Waals surface area contributed by atoms with Crippen LogP contribution in [0, 0.1) is 15.9 Å². The van der Waals surface area contributed by atoms with E-state index in [0.717, 1.165) is 31.3 Å². The lowest BCUT2D eigenvalue weighted by Crippen LogP contribution is -2.46. The SMILES string of the molecule is O=[N+]([O-])c1ccc(F)cc1N1CCN(C/C=C/c2ccc(Cl)cc2)CC1. The first kappa shape index (κ1) is 18.4. The minimum Gasteiger partial charge on any atom is -0.363 e. The molecule has 1 heterocycles. The van der Waals surface area contributed by atoms with Crippen molar-refractivity contribution >= 4 is 29.1 Å². The van der Waals surface area contributed by atoms with Crippen molar-refractivity contribution in [1.82, 2.24) is 4.90 Å². The van der Waals surface area contributed by atoms with Gasteiger partial charge in [0.1, 0.15) is 11.5 Å². The van der Waals surface area contributed by atoms with Gasteiger partial charge in [-0.15, -0.1) is 0 Å². The van der Waals surface area contributed by atoms with Crippen LogP contribution in [0.1, 0.15) is 5.56 Å². The number of nitro benzene ring substituents is 1. The molecule has 0 bridgehead atoms. The van der Waals surface area contributed by atoms with Gasteiger partial charge in [0.05, 0.1) is 4.92 Å². The van der Waals surface area contributed by atoms with Crippen molar-refractivity contribution in [3.63, 3.8) is 0 Å². The first-order valence-corrected chi connectivity index (χ1v) is 8.74. The third-order valence-corrected chi connectivity index (χ3v) is 4.64. The lowest BCUT2D eigenvalue weighted by Gasteiger charge is -2.35. The first-order chi connectivity index (χ1) is 12.5. The summed E-state index contributed by atoms with van der Waals surface area (Å²) in [6.45, 7) is 3.57. The number of hydrogen-bond donors (Lipinski definition) is 0. The molecule has 1 aliphatic rings. The number of halogens is 2. The van der Waals surface area contributed by atoms with Gasteiger partial charge in [-0.1, -0.05) is 35.9 Å². The van der Waals surface area contributed by atoms with Gasteiger partial charge < -0.3 is 4.90 Å². The molecular formula is C19H19ClFN3O2. The number of piperazine rings is 1. The summed E-state index contributed by atoms with van der Waals surface area (Å²) in [5.74, 6) is -0.459. The van der Waals surface area contributed by atoms with Crippen molar-refractivity contribution in [1.29, 1.82) is 0 Å². The zero-order valence-corrected chi connectivity index (χ0v) is 14.9. The van der Waals surface area contributed by atoms with Crippen LogP contribution in [0.15, 0.2) is 48.5 Å². The quantitative estimate of drug-likeness (QED) is 0.580. The van der Waals surface area contributed by atoms with Gasteiger partial charge in [-0.2, -0.15) is 0 Å². The summed E-state index contributed by atoms with van der Waals surface area (Å²) in [6, 6.07) is 11.2. The number of hydrogen-bond acceptors (Lipinski definition) is 4. The largest absolute Gasteiger partial charge is 0.363 e. The maximum absolute atomic E-state index is 13.5. The lowest BCUT2D eigenvalue weighted by molar-refractivity contribution is -0.384. The van der Waals surface area contributed by atoms with Crippen molar-refractivity contribution < 1.29 is 9.31 Å². The van der Waals surface area contributed by atoms with Crippen LogP contribution in [0.3, 0.4) is 0 Å². The van der Waals surface area contributed by atoms with E-state index >= 15 is 0 Å². The second kappa shape index (κ2) is 8.29. The van der Waals surface area contributed by atoms with Crippen LogP contribution < -0.4 is 4.90 Å². The minimum atomic E-state index is -0.462. The average Bonchev–Trinajstić information content (AvgIpc) is 2.63. The van der Waals surface area contributed by atoms with Gasteiger partial charge in [0.2, 0.25) is 0 Å². The molecule has 2 aromatic carbocycles. The van der Waals surface area contributed by atoms with Gasteiger partial charge >= 0.3 is 0 Å². The third kappa shape index (κ3) is 4.59. The molecular weight excluding hydrogens is 357 g/mol. The molecule has 136 valence electrons. The highest BCUT2D eigenvalue weighted by atomic mass is 35.5. The Kier molecular flexibility index (Phi) is 5.85. The van der Waals surface area contributed by atoms with Crippen molar-refractivity contribution in [3.8, 4) is 0 Å². The van der Waals surface area contributed by atoms with Gasteiger partial charge in [-0.05, 0) is 23.8 Å². The molecule has 1 aliphatic heterocycles. The van der Waals surface area contributed by atoms with Crippen LogP contribution in [-0.2, 0) is 0 Å². The normalized spacial score (nSPS) is 15.5. The Bertz CT molecular complexity index is 803. The fourth-order valence-corrected chi connectivity index (χ4v) is 3.11. The summed E-state index contributed by atoms with van der Waals surface area (Å²) in [4.78, 5) is 14.8. The predicted octanol–water partition coefficient (Wildman–Crippen LogP) is 4.22. The molecule has 1 saturated heterocycles. The Labute approximate surface area is 156 Å². The Morgan fingerprint density at radius 1 is 1.12 bits per heavy atom. The molecule has 2 aromatic rings. The molecule has 26 heavy (non-hydrogen) atoms. The average molecular weight is 376 g/mol. The molecule has 0 atom stereocenters. The van der Waals surface area contributed by atoms with Crippen LogP contribution in [0.5, 0.6) is 0 Å². The fraction of sp³-hybridized carbons (Fsp3) is 0.263. The van der Waals surface area contributed by atoms with Crippen molar-refractivity contribution in [2.45, 2.75) is 0 Å². The predicted molar refractivity (Wildman–Crippen MR) is 102 cm³/mol. The van der Waals surface area contributed by atoms with Gasteiger partial charge in [-0.3, -0.25) is 15.0 Å². The molecule has 0 aliphatic carbocycles. The van der Waals surface area contributed by atoms with Crippen LogP contribution >= 0.6 is 11.6 Å². The number of benzene rings is 2. The molecule has 0 amide bonds. The summed E-state index contributed by atoms with van der Waals surface area (Å²) in [5.41, 5.74) is 1.39. The summed E-state index contributed by atoms with van der Waals surface area (Å²) in [5, 5.41) is 11.9. The number of nitrogens with zero attached hydrogens (tertiary/aromatic N) is 3. The highest BCUT2D eigenvalue weighted by molar-refractivity contribution is 6.30. The maximum Gasteiger partial charge on any atom is 0.292 e. The van der Waals surface area contributed by atoms with Crippen molar-refractivity contribution in [3.05, 3.63) is 75.1 Å². The molecule has 7 heteroatoms. The molecule has 5 nitrogen and oxygen atoms in total. The van der Waals surface area contributed by atoms with Crippen LogP contribution in [0.4, 0.5) is 15.8 Å². The molecule has 0 N–H and O–H groups in total. The Balaban J connectivity index is 1.57. The lowest BCUT2D eigenvalue weighted by atomic mass is 10.2. The van der Waals surface area contributed by atoms with E-state index in [-0.39, 0.29) is 5.69 Å². The molecule has 0 aromatic heterocycles. The van der Waals surface area contributed by atoms with Crippen LogP contribution in [-0.4, -0.2) is 42.5 Å². The Morgan fingerprint density at radius 3 is 2.46 bits per heavy atom. The third-order valence-electron chi connectivity index (χ3n) is 4.39. The molecule has 3 rings (SSSR count). The molecule has 1 fully saturated rings. The Hall–Kier alpha value is -2.44. The van der Waals surface area contributed by atoms with E-state index < -0.39 is 10.7 Å². The number of nitro groups is 1. The highest BCUT2D eigenvalue weighted by Gasteiger charge is 2.23. The highest BCUT2D eigenvalue weighted by Crippen LogP contribution is 2.29. The van der Waals surface area contributed by atoms with Crippen LogP contribution in [0.25, 0.3) is 6.08 Å². The zero-order valence-electron chi connectivity index (χ0n) is 14.1. The number of anilines is 1. The van der Waals surface area contributed by atoms with Crippen LogP contribution in [0.2, 0.25) is 5.02 Å². The maximum atomic E-state index is 13.5. The first-order valence-electron chi connectivity index (χ1n) is 8.36. The van der Waals surface area contributed by atoms with Gasteiger partial charge in [0.25, 0.3) is 5.69 Å². The van der Waals surface area contributed by atoms with E-state index in [0.29, 0.717) is 23.8 Å². The van der Waals surface area contributed by atoms with Gasteiger partial charge in [0, 0.05) is 49.9 Å². The van der Waals surface area contributed by atoms with E-state index in [1.165, 1.54) is 12.1 Å². The van der Waals surface area contributed by atoms with Crippen molar-refractivity contribution in [2.75, 3.05) is 37.6 Å². The Morgan fingerprint density at radius 2 is 1.81 bits per heavy atom. The number of rotatable bonds is 5. The summed E-state index contributed by atoms with van der Waals surface area (Å²) in [7, 11) is 0. The van der Waals surface area contributed by atoms with Gasteiger partial charge in [-0.25, -0.2) is 4.39 Å². The van der Waals surface area contributed by atoms with Gasteiger partial charge in [0.15, 0.2) is 0 Å². The van der Waals surface area contributed by atoms with Crippen molar-refractivity contribution in [2.24, 2.45) is 0 Å². The van der Waals surface area contributed by atoms with E-state index in [4.69, 9.17) is 11.6 Å². The molecule has 0 spiro atoms. The molecule has 0 unspecified atom stereocenters. The molecule has 0 saturated carbocycles. The summed E-state index contributed by atoms with van der Waals surface area (Å²) >= 11 is 5.87. The van der Waals surface area contributed by atoms with E-state index in [1.54, 1.807) is 0 Å². The van der Waals surface area contributed by atoms with E-state index in [2.05, 4.69) is 11.0 Å². The standard InChI is InChI=1S/C19H19ClFN3O2/c20-16-5-3-15(4-6-16)2-1-9-22-10-12-23(13-11-22)19-14-17(21)7-8-18(19)24(25)26/h1-8,14H,9-13H2/b2-1+. The topological polar surface area (TPSA) is 49.6 Å².